The number of thiophene rings is 1. The molecule has 0 aliphatic rings. The van der Waals surface area contributed by atoms with Crippen LogP contribution in [-0.2, 0) is 30.3 Å². The maximum atomic E-state index is 10.0. The van der Waals surface area contributed by atoms with E-state index in [1.807, 2.05) is 0 Å². The predicted octanol–water partition coefficient (Wildman–Crippen LogP) is 8.38. The zero-order valence-corrected chi connectivity index (χ0v) is 24.5. The van der Waals surface area contributed by atoms with Crippen molar-refractivity contribution in [3.8, 4) is 21.7 Å². The molecule has 5 heteroatoms. The number of rotatable bonds is 3. The van der Waals surface area contributed by atoms with E-state index in [0.29, 0.717) is 0 Å². The van der Waals surface area contributed by atoms with Gasteiger partial charge in [-0.1, -0.05) is 69.7 Å². The summed E-state index contributed by atoms with van der Waals surface area (Å²) in [6.07, 6.45) is 1.17. The number of fused-ring (bicyclic) bond motifs is 1. The molecule has 4 aromatic rings. The minimum Gasteiger partial charge on any atom is -0.512 e. The largest absolute Gasteiger partial charge is 0.512 e. The van der Waals surface area contributed by atoms with Gasteiger partial charge < -0.3 is 5.11 Å². The third-order valence-corrected chi connectivity index (χ3v) is 6.37. The summed E-state index contributed by atoms with van der Waals surface area (Å²) >= 11 is 1.75. The van der Waals surface area contributed by atoms with Gasteiger partial charge >= 0.3 is 0 Å². The molecule has 0 amide bonds. The van der Waals surface area contributed by atoms with Crippen LogP contribution in [0.25, 0.3) is 31.9 Å². The molecule has 185 valence electrons. The van der Waals surface area contributed by atoms with E-state index in [4.69, 9.17) is 10.1 Å². The van der Waals surface area contributed by atoms with Crippen molar-refractivity contribution >= 4 is 27.3 Å². The third-order valence-electron chi connectivity index (χ3n) is 5.28. The van der Waals surface area contributed by atoms with Crippen molar-refractivity contribution in [1.29, 1.82) is 0 Å². The molecule has 2 aromatic heterocycles. The zero-order valence-electron chi connectivity index (χ0n) is 21.3. The van der Waals surface area contributed by atoms with E-state index >= 15 is 0 Å². The Morgan fingerprint density at radius 2 is 1.66 bits per heavy atom. The van der Waals surface area contributed by atoms with Crippen LogP contribution >= 0.6 is 11.3 Å². The van der Waals surface area contributed by atoms with Crippen molar-refractivity contribution in [3.63, 3.8) is 0 Å². The number of hydrogen-bond donors (Lipinski definition) is 1. The predicted molar refractivity (Wildman–Crippen MR) is 145 cm³/mol. The number of carbonyl (C=O) groups is 1. The molecule has 2 heterocycles. The molecule has 35 heavy (non-hydrogen) atoms. The quantitative estimate of drug-likeness (QED) is 0.136. The van der Waals surface area contributed by atoms with E-state index in [-0.39, 0.29) is 37.1 Å². The second kappa shape index (κ2) is 11.9. The Kier molecular flexibility index (Phi) is 9.74. The minimum atomic E-state index is -0.125. The molecule has 1 N–H and O–H groups in total. The van der Waals surface area contributed by atoms with E-state index in [2.05, 4.69) is 95.3 Å². The van der Waals surface area contributed by atoms with Crippen LogP contribution in [-0.4, -0.2) is 15.9 Å². The molecule has 0 bridgehead atoms. The summed E-state index contributed by atoms with van der Waals surface area (Å²) in [6, 6.07) is 23.2. The number of aryl methyl sites for hydroxylation is 2. The summed E-state index contributed by atoms with van der Waals surface area (Å²) in [7, 11) is 0. The number of aliphatic hydroxyl groups excluding tert-OH is 1. The Morgan fingerprint density at radius 1 is 1.00 bits per heavy atom. The third kappa shape index (κ3) is 7.96. The number of pyridine rings is 1. The number of allylic oxidation sites excluding steroid dienone is 2. The SMILES string of the molecule is CC(=O)/C=C(/C)O.Cc1[c-]c(-c2ccc3cc(-c4ccc(C)cc4)sc3n2)cc(C(C)(C)C)c1.[Ir]. The number of benzene rings is 2. The molecule has 2 aromatic carbocycles. The Bertz CT molecular complexity index is 1340. The van der Waals surface area contributed by atoms with Crippen LogP contribution in [0.2, 0.25) is 0 Å². The number of aliphatic hydroxyl groups is 1. The molecule has 0 unspecified atom stereocenters. The molecule has 0 atom stereocenters. The molecule has 0 saturated heterocycles. The number of carbonyl (C=O) groups excluding carboxylic acids is 1. The molecule has 0 saturated carbocycles. The number of nitrogens with zero attached hydrogens (tertiary/aromatic N) is 1. The first-order valence-corrected chi connectivity index (χ1v) is 12.1. The Hall–Kier alpha value is -2.59. The van der Waals surface area contributed by atoms with Crippen molar-refractivity contribution < 1.29 is 30.0 Å². The smallest absolute Gasteiger partial charge is 0.155 e. The summed E-state index contributed by atoms with van der Waals surface area (Å²) in [4.78, 5) is 17.3. The summed E-state index contributed by atoms with van der Waals surface area (Å²) in [5, 5.41) is 9.56. The van der Waals surface area contributed by atoms with Crippen LogP contribution in [0.4, 0.5) is 0 Å². The second-order valence-corrected chi connectivity index (χ2v) is 10.7. The fourth-order valence-corrected chi connectivity index (χ4v) is 4.54. The van der Waals surface area contributed by atoms with E-state index in [1.165, 1.54) is 46.9 Å². The Morgan fingerprint density at radius 3 is 2.20 bits per heavy atom. The summed E-state index contributed by atoms with van der Waals surface area (Å²) in [6.45, 7) is 13.8. The number of aromatic nitrogens is 1. The van der Waals surface area contributed by atoms with Crippen LogP contribution < -0.4 is 0 Å². The van der Waals surface area contributed by atoms with Crippen molar-refractivity contribution in [2.75, 3.05) is 0 Å². The van der Waals surface area contributed by atoms with Gasteiger partial charge in [0, 0.05) is 36.4 Å². The van der Waals surface area contributed by atoms with Crippen LogP contribution in [0.5, 0.6) is 0 Å². The van der Waals surface area contributed by atoms with Gasteiger partial charge in [-0.15, -0.1) is 46.2 Å². The first kappa shape index (κ1) is 28.6. The van der Waals surface area contributed by atoms with Gasteiger partial charge in [0.15, 0.2) is 5.78 Å². The van der Waals surface area contributed by atoms with Crippen LogP contribution in [0, 0.1) is 19.9 Å². The summed E-state index contributed by atoms with van der Waals surface area (Å²) in [5.74, 6) is -0.0625. The monoisotopic (exact) mass is 663 g/mol. The molecule has 1 radical (unpaired) electrons. The average Bonchev–Trinajstić information content (AvgIpc) is 3.16. The second-order valence-electron chi connectivity index (χ2n) is 9.68. The maximum absolute atomic E-state index is 10.0. The van der Waals surface area contributed by atoms with Crippen LogP contribution in [0.1, 0.15) is 51.3 Å². The molecular weight excluding hydrogens is 631 g/mol. The first-order valence-electron chi connectivity index (χ1n) is 11.3. The van der Waals surface area contributed by atoms with Crippen molar-refractivity contribution in [2.24, 2.45) is 0 Å². The molecule has 0 aliphatic carbocycles. The van der Waals surface area contributed by atoms with Crippen LogP contribution in [0.15, 0.2) is 66.4 Å². The van der Waals surface area contributed by atoms with Gasteiger partial charge in [-0.25, -0.2) is 0 Å². The summed E-state index contributed by atoms with van der Waals surface area (Å²) in [5.41, 5.74) is 7.20. The molecule has 0 fully saturated rings. The first-order chi connectivity index (χ1) is 15.9. The van der Waals surface area contributed by atoms with E-state index in [9.17, 15) is 4.79 Å². The van der Waals surface area contributed by atoms with Gasteiger partial charge in [-0.3, -0.25) is 9.78 Å². The standard InChI is InChI=1S/C25H24NS.C5H8O2.Ir/c1-16-6-8-18(9-7-16)23-15-19-10-11-22(26-24(19)27-23)20-12-17(2)13-21(14-20)25(3,4)5;1-4(6)3-5(2)7;/h6-11,13-15H,1-5H3;3,6H,1-2H3;/q-1;;/b;4-3-;. The van der Waals surface area contributed by atoms with Crippen molar-refractivity contribution in [1.82, 2.24) is 4.98 Å². The Balaban J connectivity index is 0.000000476. The number of ketones is 1. The number of hydrogen-bond acceptors (Lipinski definition) is 4. The molecule has 0 spiro atoms. The van der Waals surface area contributed by atoms with Gasteiger partial charge in [0.25, 0.3) is 0 Å². The van der Waals surface area contributed by atoms with E-state index < -0.39 is 0 Å². The van der Waals surface area contributed by atoms with Crippen molar-refractivity contribution in [3.05, 3.63) is 89.2 Å². The maximum Gasteiger partial charge on any atom is 0.155 e. The minimum absolute atomic E-state index is 0. The molecular formula is C30H32IrNO2S-. The van der Waals surface area contributed by atoms with Gasteiger partial charge in [0.2, 0.25) is 0 Å². The average molecular weight is 663 g/mol. The zero-order chi connectivity index (χ0) is 25.0. The van der Waals surface area contributed by atoms with Gasteiger partial charge in [-0.2, -0.15) is 0 Å². The topological polar surface area (TPSA) is 50.2 Å². The van der Waals surface area contributed by atoms with Gasteiger partial charge in [0.05, 0.1) is 5.76 Å². The Labute approximate surface area is 226 Å². The fraction of sp³-hybridized carbons (Fsp3) is 0.267. The fourth-order valence-electron chi connectivity index (χ4n) is 3.51. The normalized spacial score (nSPS) is 11.5. The van der Waals surface area contributed by atoms with E-state index in [1.54, 1.807) is 11.3 Å². The van der Waals surface area contributed by atoms with Crippen LogP contribution in [0.3, 0.4) is 0 Å². The molecule has 4 rings (SSSR count). The molecule has 0 aliphatic heterocycles. The molecule has 3 nitrogen and oxygen atoms in total. The van der Waals surface area contributed by atoms with Crippen molar-refractivity contribution in [2.45, 2.75) is 53.9 Å². The van der Waals surface area contributed by atoms with E-state index in [0.717, 1.165) is 21.7 Å². The van der Waals surface area contributed by atoms with Gasteiger partial charge in [-0.05, 0) is 43.5 Å². The summed E-state index contributed by atoms with van der Waals surface area (Å²) < 4.78 is 0. The van der Waals surface area contributed by atoms with Gasteiger partial charge in [0.1, 0.15) is 4.83 Å².